The maximum Gasteiger partial charge on any atom is 0.119 e. The van der Waals surface area contributed by atoms with Crippen LogP contribution in [0.1, 0.15) is 23.6 Å². The quantitative estimate of drug-likeness (QED) is 0.877. The van der Waals surface area contributed by atoms with Gasteiger partial charge in [0.15, 0.2) is 0 Å². The predicted octanol–water partition coefficient (Wildman–Crippen LogP) is 3.53. The van der Waals surface area contributed by atoms with E-state index in [1.54, 1.807) is 11.3 Å². The summed E-state index contributed by atoms with van der Waals surface area (Å²) >= 11 is 1.68. The van der Waals surface area contributed by atoms with E-state index < -0.39 is 0 Å². The van der Waals surface area contributed by atoms with Crippen molar-refractivity contribution < 1.29 is 4.74 Å². The molecule has 0 aliphatic heterocycles. The fourth-order valence-electron chi connectivity index (χ4n) is 1.66. The first-order valence-electron chi connectivity index (χ1n) is 5.73. The number of ether oxygens (including phenoxy) is 1. The first kappa shape index (κ1) is 12.1. The van der Waals surface area contributed by atoms with Gasteiger partial charge in [-0.1, -0.05) is 12.1 Å². The van der Waals surface area contributed by atoms with Crippen LogP contribution in [-0.4, -0.2) is 6.61 Å². The van der Waals surface area contributed by atoms with Crippen LogP contribution >= 0.6 is 11.3 Å². The molecule has 90 valence electrons. The number of hydrogen-bond acceptors (Lipinski definition) is 3. The SMILES string of the molecule is Cc1cccc(OCCC(N)c2ccsc2)c1. The Bertz CT molecular complexity index is 453. The first-order valence-corrected chi connectivity index (χ1v) is 6.67. The van der Waals surface area contributed by atoms with Crippen LogP contribution in [0.15, 0.2) is 41.1 Å². The molecule has 2 aromatic rings. The van der Waals surface area contributed by atoms with Gasteiger partial charge in [0, 0.05) is 12.5 Å². The van der Waals surface area contributed by atoms with Crippen LogP contribution in [0.5, 0.6) is 5.75 Å². The van der Waals surface area contributed by atoms with Crippen molar-refractivity contribution in [3.8, 4) is 5.75 Å². The summed E-state index contributed by atoms with van der Waals surface area (Å²) in [6.07, 6.45) is 0.838. The highest BCUT2D eigenvalue weighted by molar-refractivity contribution is 7.07. The molecule has 0 amide bonds. The molecular formula is C14H17NOS. The van der Waals surface area contributed by atoms with Crippen molar-refractivity contribution in [1.29, 1.82) is 0 Å². The third-order valence-electron chi connectivity index (χ3n) is 2.66. The smallest absolute Gasteiger partial charge is 0.119 e. The zero-order valence-electron chi connectivity index (χ0n) is 9.93. The van der Waals surface area contributed by atoms with Gasteiger partial charge in [0.05, 0.1) is 6.61 Å². The monoisotopic (exact) mass is 247 g/mol. The van der Waals surface area contributed by atoms with E-state index in [1.807, 2.05) is 18.2 Å². The Hall–Kier alpha value is -1.32. The lowest BCUT2D eigenvalue weighted by Crippen LogP contribution is -2.13. The van der Waals surface area contributed by atoms with Gasteiger partial charge < -0.3 is 10.5 Å². The van der Waals surface area contributed by atoms with Crippen molar-refractivity contribution in [2.45, 2.75) is 19.4 Å². The molecule has 0 aliphatic carbocycles. The highest BCUT2D eigenvalue weighted by atomic mass is 32.1. The van der Waals surface area contributed by atoms with E-state index in [0.717, 1.165) is 12.2 Å². The lowest BCUT2D eigenvalue weighted by atomic mass is 10.1. The molecule has 0 spiro atoms. The van der Waals surface area contributed by atoms with Crippen LogP contribution in [-0.2, 0) is 0 Å². The lowest BCUT2D eigenvalue weighted by Gasteiger charge is -2.11. The summed E-state index contributed by atoms with van der Waals surface area (Å²) in [4.78, 5) is 0. The molecule has 2 N–H and O–H groups in total. The largest absolute Gasteiger partial charge is 0.494 e. The fourth-order valence-corrected chi connectivity index (χ4v) is 2.39. The van der Waals surface area contributed by atoms with E-state index in [4.69, 9.17) is 10.5 Å². The minimum Gasteiger partial charge on any atom is -0.494 e. The van der Waals surface area contributed by atoms with E-state index in [9.17, 15) is 0 Å². The lowest BCUT2D eigenvalue weighted by molar-refractivity contribution is 0.298. The second-order valence-electron chi connectivity index (χ2n) is 4.12. The number of nitrogens with two attached hydrogens (primary N) is 1. The first-order chi connectivity index (χ1) is 8.25. The zero-order valence-corrected chi connectivity index (χ0v) is 10.7. The molecule has 0 saturated carbocycles. The van der Waals surface area contributed by atoms with Crippen molar-refractivity contribution in [2.24, 2.45) is 5.73 Å². The molecule has 1 aromatic carbocycles. The van der Waals surface area contributed by atoms with Crippen LogP contribution < -0.4 is 10.5 Å². The Kier molecular flexibility index (Phi) is 4.18. The van der Waals surface area contributed by atoms with Gasteiger partial charge in [-0.2, -0.15) is 11.3 Å². The fraction of sp³-hybridized carbons (Fsp3) is 0.286. The zero-order chi connectivity index (χ0) is 12.1. The van der Waals surface area contributed by atoms with Gasteiger partial charge in [0.1, 0.15) is 5.75 Å². The minimum absolute atomic E-state index is 0.0751. The third kappa shape index (κ3) is 3.58. The van der Waals surface area contributed by atoms with E-state index in [1.165, 1.54) is 11.1 Å². The van der Waals surface area contributed by atoms with Crippen LogP contribution in [0.3, 0.4) is 0 Å². The summed E-state index contributed by atoms with van der Waals surface area (Å²) in [6, 6.07) is 10.2. The molecule has 3 heteroatoms. The highest BCUT2D eigenvalue weighted by Gasteiger charge is 2.06. The Balaban J connectivity index is 1.80. The number of hydrogen-bond donors (Lipinski definition) is 1. The second kappa shape index (κ2) is 5.84. The molecule has 2 nitrogen and oxygen atoms in total. The molecule has 0 radical (unpaired) electrons. The van der Waals surface area contributed by atoms with Crippen molar-refractivity contribution in [3.05, 3.63) is 52.2 Å². The maximum atomic E-state index is 6.06. The Morgan fingerprint density at radius 1 is 1.35 bits per heavy atom. The van der Waals surface area contributed by atoms with E-state index in [-0.39, 0.29) is 6.04 Å². The predicted molar refractivity (Wildman–Crippen MR) is 72.5 cm³/mol. The van der Waals surface area contributed by atoms with Crippen molar-refractivity contribution in [1.82, 2.24) is 0 Å². The summed E-state index contributed by atoms with van der Waals surface area (Å²) < 4.78 is 5.68. The second-order valence-corrected chi connectivity index (χ2v) is 4.90. The molecule has 0 bridgehead atoms. The van der Waals surface area contributed by atoms with Crippen LogP contribution in [0.2, 0.25) is 0 Å². The van der Waals surface area contributed by atoms with Gasteiger partial charge in [-0.05, 0) is 47.0 Å². The van der Waals surface area contributed by atoms with Gasteiger partial charge in [-0.25, -0.2) is 0 Å². The molecule has 0 aliphatic rings. The molecule has 1 heterocycles. The number of benzene rings is 1. The molecule has 2 rings (SSSR count). The summed E-state index contributed by atoms with van der Waals surface area (Å²) in [6.45, 7) is 2.71. The third-order valence-corrected chi connectivity index (χ3v) is 3.36. The van der Waals surface area contributed by atoms with Crippen LogP contribution in [0.4, 0.5) is 0 Å². The van der Waals surface area contributed by atoms with Gasteiger partial charge in [-0.3, -0.25) is 0 Å². The van der Waals surface area contributed by atoms with Crippen molar-refractivity contribution in [3.63, 3.8) is 0 Å². The Morgan fingerprint density at radius 3 is 2.94 bits per heavy atom. The summed E-state index contributed by atoms with van der Waals surface area (Å²) in [5, 5.41) is 4.15. The molecule has 1 aromatic heterocycles. The summed E-state index contributed by atoms with van der Waals surface area (Å²) in [5.74, 6) is 0.919. The number of thiophene rings is 1. The Morgan fingerprint density at radius 2 is 2.24 bits per heavy atom. The molecule has 1 unspecified atom stereocenters. The molecule has 0 fully saturated rings. The molecule has 17 heavy (non-hydrogen) atoms. The normalized spacial score (nSPS) is 12.4. The Labute approximate surface area is 106 Å². The van der Waals surface area contributed by atoms with Gasteiger partial charge in [-0.15, -0.1) is 0 Å². The average molecular weight is 247 g/mol. The van der Waals surface area contributed by atoms with E-state index in [2.05, 4.69) is 29.8 Å². The molecule has 0 saturated heterocycles. The highest BCUT2D eigenvalue weighted by Crippen LogP contribution is 2.18. The summed E-state index contributed by atoms with van der Waals surface area (Å²) in [5.41, 5.74) is 8.47. The van der Waals surface area contributed by atoms with Gasteiger partial charge in [0.25, 0.3) is 0 Å². The van der Waals surface area contributed by atoms with Crippen molar-refractivity contribution >= 4 is 11.3 Å². The average Bonchev–Trinajstić information content (AvgIpc) is 2.82. The van der Waals surface area contributed by atoms with Gasteiger partial charge in [0.2, 0.25) is 0 Å². The minimum atomic E-state index is 0.0751. The maximum absolute atomic E-state index is 6.06. The van der Waals surface area contributed by atoms with E-state index >= 15 is 0 Å². The number of rotatable bonds is 5. The van der Waals surface area contributed by atoms with E-state index in [0.29, 0.717) is 6.61 Å². The summed E-state index contributed by atoms with van der Waals surface area (Å²) in [7, 11) is 0. The standard InChI is InChI=1S/C14H17NOS/c1-11-3-2-4-13(9-11)16-7-5-14(15)12-6-8-17-10-12/h2-4,6,8-10,14H,5,7,15H2,1H3. The number of aryl methyl sites for hydroxylation is 1. The van der Waals surface area contributed by atoms with Crippen LogP contribution in [0, 0.1) is 6.92 Å². The van der Waals surface area contributed by atoms with Gasteiger partial charge >= 0.3 is 0 Å². The van der Waals surface area contributed by atoms with Crippen LogP contribution in [0.25, 0.3) is 0 Å². The van der Waals surface area contributed by atoms with Crippen molar-refractivity contribution in [2.75, 3.05) is 6.61 Å². The molecule has 1 atom stereocenters. The topological polar surface area (TPSA) is 35.2 Å². The molecular weight excluding hydrogens is 230 g/mol.